The first-order valence-electron chi connectivity index (χ1n) is 8.50. The molecular formula is C20H23NO2S2. The van der Waals surface area contributed by atoms with Gasteiger partial charge in [-0.15, -0.1) is 23.5 Å². The van der Waals surface area contributed by atoms with Crippen molar-refractivity contribution in [3.8, 4) is 5.75 Å². The van der Waals surface area contributed by atoms with Gasteiger partial charge in [-0.3, -0.25) is 4.79 Å². The Morgan fingerprint density at radius 2 is 1.80 bits per heavy atom. The Morgan fingerprint density at radius 1 is 1.12 bits per heavy atom. The molecule has 1 atom stereocenters. The van der Waals surface area contributed by atoms with E-state index < -0.39 is 0 Å². The molecule has 3 nitrogen and oxygen atoms in total. The Morgan fingerprint density at radius 3 is 2.48 bits per heavy atom. The van der Waals surface area contributed by atoms with Crippen molar-refractivity contribution in [3.05, 3.63) is 65.7 Å². The lowest BCUT2D eigenvalue weighted by atomic mass is 10.0. The average Bonchev–Trinajstić information content (AvgIpc) is 3.20. The zero-order chi connectivity index (χ0) is 17.5. The van der Waals surface area contributed by atoms with Crippen LogP contribution in [0.4, 0.5) is 0 Å². The lowest BCUT2D eigenvalue weighted by molar-refractivity contribution is -0.123. The van der Waals surface area contributed by atoms with Crippen LogP contribution in [0.3, 0.4) is 0 Å². The number of carbonyl (C=O) groups is 1. The smallest absolute Gasteiger partial charge is 0.257 e. The van der Waals surface area contributed by atoms with Crippen LogP contribution in [0, 0.1) is 0 Å². The number of thioether (sulfide) groups is 2. The van der Waals surface area contributed by atoms with Crippen molar-refractivity contribution in [2.45, 2.75) is 17.4 Å². The van der Waals surface area contributed by atoms with Crippen LogP contribution < -0.4 is 10.1 Å². The van der Waals surface area contributed by atoms with Crippen LogP contribution >= 0.6 is 23.5 Å². The summed E-state index contributed by atoms with van der Waals surface area (Å²) in [6, 6.07) is 18.3. The summed E-state index contributed by atoms with van der Waals surface area (Å²) in [6.07, 6.45) is 0. The molecule has 132 valence electrons. The van der Waals surface area contributed by atoms with Gasteiger partial charge in [0.15, 0.2) is 6.61 Å². The van der Waals surface area contributed by atoms with Crippen LogP contribution in [0.2, 0.25) is 0 Å². The molecule has 25 heavy (non-hydrogen) atoms. The highest BCUT2D eigenvalue weighted by Gasteiger charge is 2.18. The summed E-state index contributed by atoms with van der Waals surface area (Å²) in [4.78, 5) is 12.0. The maximum Gasteiger partial charge on any atom is 0.257 e. The van der Waals surface area contributed by atoms with Crippen LogP contribution in [-0.4, -0.2) is 30.6 Å². The second-order valence-corrected chi connectivity index (χ2v) is 8.77. The van der Waals surface area contributed by atoms with E-state index in [1.165, 1.54) is 22.6 Å². The fraction of sp³-hybridized carbons (Fsp3) is 0.350. The number of amides is 1. The van der Waals surface area contributed by atoms with E-state index in [0.29, 0.717) is 11.1 Å². The van der Waals surface area contributed by atoms with Gasteiger partial charge in [0, 0.05) is 18.1 Å². The van der Waals surface area contributed by atoms with Crippen molar-refractivity contribution < 1.29 is 9.53 Å². The van der Waals surface area contributed by atoms with E-state index in [1.54, 1.807) is 0 Å². The summed E-state index contributed by atoms with van der Waals surface area (Å²) in [7, 11) is 0. The summed E-state index contributed by atoms with van der Waals surface area (Å²) >= 11 is 3.97. The van der Waals surface area contributed by atoms with E-state index in [9.17, 15) is 4.79 Å². The maximum atomic E-state index is 12.0. The van der Waals surface area contributed by atoms with Gasteiger partial charge in [-0.2, -0.15) is 0 Å². The summed E-state index contributed by atoms with van der Waals surface area (Å²) in [5, 5.41) is 2.94. The highest BCUT2D eigenvalue weighted by Crippen LogP contribution is 2.45. The number of carbonyl (C=O) groups excluding carboxylic acids is 1. The molecule has 1 aliphatic rings. The third-order valence-electron chi connectivity index (χ3n) is 4.12. The first-order valence-corrected chi connectivity index (χ1v) is 10.6. The molecule has 0 aromatic heterocycles. The van der Waals surface area contributed by atoms with Crippen LogP contribution in [0.1, 0.15) is 28.6 Å². The van der Waals surface area contributed by atoms with Crippen LogP contribution in [-0.2, 0) is 4.79 Å². The predicted molar refractivity (Wildman–Crippen MR) is 107 cm³/mol. The number of hydrogen-bond donors (Lipinski definition) is 1. The molecule has 1 saturated heterocycles. The maximum absolute atomic E-state index is 12.0. The molecule has 0 radical (unpaired) electrons. The van der Waals surface area contributed by atoms with Gasteiger partial charge in [0.05, 0.1) is 4.58 Å². The Kier molecular flexibility index (Phi) is 6.70. The molecule has 1 N–H and O–H groups in total. The standard InChI is InChI=1S/C20H23NO2S2/c1-15(16-5-3-2-4-6-16)13-21-19(22)14-23-18-9-7-17(8-10-18)20-24-11-12-25-20/h2-10,15,20H,11-14H2,1H3,(H,21,22)/t15-/m1/s1. The number of rotatable bonds is 7. The topological polar surface area (TPSA) is 38.3 Å². The van der Waals surface area contributed by atoms with Crippen molar-refractivity contribution in [2.75, 3.05) is 24.7 Å². The normalized spacial score (nSPS) is 15.7. The number of nitrogens with one attached hydrogen (secondary N) is 1. The highest BCUT2D eigenvalue weighted by molar-refractivity contribution is 8.19. The third-order valence-corrected chi connectivity index (χ3v) is 7.22. The summed E-state index contributed by atoms with van der Waals surface area (Å²) in [6.45, 7) is 2.77. The molecule has 0 bridgehead atoms. The molecule has 3 rings (SSSR count). The van der Waals surface area contributed by atoms with Crippen molar-refractivity contribution in [1.82, 2.24) is 5.32 Å². The zero-order valence-electron chi connectivity index (χ0n) is 14.3. The lowest BCUT2D eigenvalue weighted by Gasteiger charge is -2.14. The second kappa shape index (κ2) is 9.20. The zero-order valence-corrected chi connectivity index (χ0v) is 15.9. The SMILES string of the molecule is C[C@H](CNC(=O)COc1ccc(C2SCCS2)cc1)c1ccccc1. The fourth-order valence-electron chi connectivity index (χ4n) is 2.64. The molecule has 0 spiro atoms. The van der Waals surface area contributed by atoms with Gasteiger partial charge in [0.1, 0.15) is 5.75 Å². The van der Waals surface area contributed by atoms with Gasteiger partial charge >= 0.3 is 0 Å². The van der Waals surface area contributed by atoms with E-state index in [4.69, 9.17) is 4.74 Å². The monoisotopic (exact) mass is 373 g/mol. The predicted octanol–water partition coefficient (Wildman–Crippen LogP) is 4.46. The van der Waals surface area contributed by atoms with E-state index in [0.717, 1.165) is 5.75 Å². The highest BCUT2D eigenvalue weighted by atomic mass is 32.2. The second-order valence-electron chi connectivity index (χ2n) is 6.05. The molecule has 1 fully saturated rings. The molecule has 1 aliphatic heterocycles. The molecular weight excluding hydrogens is 350 g/mol. The van der Waals surface area contributed by atoms with Gasteiger partial charge < -0.3 is 10.1 Å². The molecule has 2 aromatic carbocycles. The van der Waals surface area contributed by atoms with E-state index >= 15 is 0 Å². The van der Waals surface area contributed by atoms with E-state index in [1.807, 2.05) is 53.9 Å². The molecule has 0 aliphatic carbocycles. The van der Waals surface area contributed by atoms with Gasteiger partial charge in [-0.1, -0.05) is 49.4 Å². The minimum Gasteiger partial charge on any atom is -0.484 e. The van der Waals surface area contributed by atoms with Crippen LogP contribution in [0.5, 0.6) is 5.75 Å². The summed E-state index contributed by atoms with van der Waals surface area (Å²) in [5.41, 5.74) is 2.54. The average molecular weight is 374 g/mol. The van der Waals surface area contributed by atoms with Crippen LogP contribution in [0.15, 0.2) is 54.6 Å². The first-order chi connectivity index (χ1) is 12.2. The lowest BCUT2D eigenvalue weighted by Crippen LogP contribution is -2.31. The minimum atomic E-state index is -0.0891. The summed E-state index contributed by atoms with van der Waals surface area (Å²) < 4.78 is 6.14. The van der Waals surface area contributed by atoms with Crippen molar-refractivity contribution in [1.29, 1.82) is 0 Å². The number of benzene rings is 2. The molecule has 0 unspecified atom stereocenters. The van der Waals surface area contributed by atoms with Gasteiger partial charge in [0.25, 0.3) is 5.91 Å². The van der Waals surface area contributed by atoms with Gasteiger partial charge in [0.2, 0.25) is 0 Å². The Bertz CT molecular complexity index is 670. The van der Waals surface area contributed by atoms with Crippen LogP contribution in [0.25, 0.3) is 0 Å². The molecule has 0 saturated carbocycles. The van der Waals surface area contributed by atoms with Crippen molar-refractivity contribution in [3.63, 3.8) is 0 Å². The third kappa shape index (κ3) is 5.44. The quantitative estimate of drug-likeness (QED) is 0.777. The molecule has 1 heterocycles. The number of hydrogen-bond acceptors (Lipinski definition) is 4. The van der Waals surface area contributed by atoms with Crippen molar-refractivity contribution >= 4 is 29.4 Å². The fourth-order valence-corrected chi connectivity index (χ4v) is 5.50. The minimum absolute atomic E-state index is 0.0494. The first kappa shape index (κ1) is 18.2. The van der Waals surface area contributed by atoms with E-state index in [2.05, 4.69) is 36.5 Å². The van der Waals surface area contributed by atoms with E-state index in [-0.39, 0.29) is 18.4 Å². The number of ether oxygens (including phenoxy) is 1. The largest absolute Gasteiger partial charge is 0.484 e. The molecule has 2 aromatic rings. The van der Waals surface area contributed by atoms with Gasteiger partial charge in [-0.05, 0) is 29.2 Å². The molecule has 1 amide bonds. The molecule has 5 heteroatoms. The Labute approximate surface area is 157 Å². The van der Waals surface area contributed by atoms with Crippen molar-refractivity contribution in [2.24, 2.45) is 0 Å². The Hall–Kier alpha value is -1.59. The summed E-state index contributed by atoms with van der Waals surface area (Å²) in [5.74, 6) is 3.37. The van der Waals surface area contributed by atoms with Gasteiger partial charge in [-0.25, -0.2) is 0 Å². The Balaban J connectivity index is 1.41.